The second-order valence-electron chi connectivity index (χ2n) is 4.90. The Bertz CT molecular complexity index is 590. The SMILES string of the molecule is Cc1ccc(C(C)Nc2ccc(OCCC(N)=O)cc2)o1. The molecule has 112 valence electrons. The molecule has 1 amide bonds. The maximum atomic E-state index is 10.6. The van der Waals surface area contributed by atoms with Gasteiger partial charge in [-0.05, 0) is 50.2 Å². The minimum Gasteiger partial charge on any atom is -0.493 e. The highest BCUT2D eigenvalue weighted by Gasteiger charge is 2.09. The van der Waals surface area contributed by atoms with Crippen LogP contribution in [0.2, 0.25) is 0 Å². The first-order valence-corrected chi connectivity index (χ1v) is 6.88. The Morgan fingerprint density at radius 3 is 2.57 bits per heavy atom. The molecule has 1 aromatic heterocycles. The molecule has 0 saturated carbocycles. The second kappa shape index (κ2) is 6.83. The summed E-state index contributed by atoms with van der Waals surface area (Å²) in [5, 5.41) is 3.35. The van der Waals surface area contributed by atoms with E-state index < -0.39 is 0 Å². The van der Waals surface area contributed by atoms with Gasteiger partial charge >= 0.3 is 0 Å². The van der Waals surface area contributed by atoms with E-state index in [0.717, 1.165) is 17.2 Å². The van der Waals surface area contributed by atoms with E-state index in [9.17, 15) is 4.79 Å². The molecular weight excluding hydrogens is 268 g/mol. The number of nitrogens with two attached hydrogens (primary N) is 1. The summed E-state index contributed by atoms with van der Waals surface area (Å²) < 4.78 is 11.0. The van der Waals surface area contributed by atoms with E-state index in [1.165, 1.54) is 0 Å². The fourth-order valence-electron chi connectivity index (χ4n) is 1.92. The van der Waals surface area contributed by atoms with Crippen molar-refractivity contribution in [2.45, 2.75) is 26.3 Å². The average Bonchev–Trinajstić information content (AvgIpc) is 2.87. The molecule has 0 aliphatic heterocycles. The van der Waals surface area contributed by atoms with E-state index in [1.54, 1.807) is 0 Å². The van der Waals surface area contributed by atoms with Crippen molar-refractivity contribution in [3.05, 3.63) is 47.9 Å². The van der Waals surface area contributed by atoms with Crippen LogP contribution in [-0.4, -0.2) is 12.5 Å². The first kappa shape index (κ1) is 15.0. The van der Waals surface area contributed by atoms with E-state index in [2.05, 4.69) is 5.32 Å². The number of carbonyl (C=O) groups is 1. The molecular formula is C16H20N2O3. The Balaban J connectivity index is 1.88. The number of aryl methyl sites for hydroxylation is 1. The van der Waals surface area contributed by atoms with Gasteiger partial charge in [-0.25, -0.2) is 0 Å². The fourth-order valence-corrected chi connectivity index (χ4v) is 1.92. The lowest BCUT2D eigenvalue weighted by Gasteiger charge is -2.13. The highest BCUT2D eigenvalue weighted by atomic mass is 16.5. The number of rotatable bonds is 7. The lowest BCUT2D eigenvalue weighted by atomic mass is 10.2. The van der Waals surface area contributed by atoms with Gasteiger partial charge in [-0.3, -0.25) is 4.79 Å². The molecule has 5 nitrogen and oxygen atoms in total. The van der Waals surface area contributed by atoms with Crippen LogP contribution in [0.15, 0.2) is 40.8 Å². The van der Waals surface area contributed by atoms with E-state index in [-0.39, 0.29) is 18.4 Å². The third-order valence-electron chi connectivity index (χ3n) is 3.04. The van der Waals surface area contributed by atoms with Gasteiger partial charge in [0.1, 0.15) is 17.3 Å². The monoisotopic (exact) mass is 288 g/mol. The standard InChI is InChI=1S/C16H20N2O3/c1-11-3-8-15(21-11)12(2)18-13-4-6-14(7-5-13)20-10-9-16(17)19/h3-8,12,18H,9-10H2,1-2H3,(H2,17,19). The van der Waals surface area contributed by atoms with Gasteiger partial charge in [0.25, 0.3) is 0 Å². The van der Waals surface area contributed by atoms with Gasteiger partial charge in [0, 0.05) is 5.69 Å². The molecule has 21 heavy (non-hydrogen) atoms. The number of hydrogen-bond donors (Lipinski definition) is 2. The van der Waals surface area contributed by atoms with Crippen LogP contribution in [0.5, 0.6) is 5.75 Å². The maximum Gasteiger partial charge on any atom is 0.220 e. The Labute approximate surface area is 124 Å². The van der Waals surface area contributed by atoms with Crippen molar-refractivity contribution >= 4 is 11.6 Å². The topological polar surface area (TPSA) is 77.5 Å². The Morgan fingerprint density at radius 1 is 1.29 bits per heavy atom. The predicted molar refractivity (Wildman–Crippen MR) is 81.2 cm³/mol. The fraction of sp³-hybridized carbons (Fsp3) is 0.312. The van der Waals surface area contributed by atoms with E-state index in [0.29, 0.717) is 12.4 Å². The number of carbonyl (C=O) groups excluding carboxylic acids is 1. The molecule has 1 heterocycles. The van der Waals surface area contributed by atoms with Crippen LogP contribution in [0.4, 0.5) is 5.69 Å². The summed E-state index contributed by atoms with van der Waals surface area (Å²) in [4.78, 5) is 10.6. The number of benzene rings is 1. The number of primary amides is 1. The number of hydrogen-bond acceptors (Lipinski definition) is 4. The maximum absolute atomic E-state index is 10.6. The molecule has 0 radical (unpaired) electrons. The highest BCUT2D eigenvalue weighted by Crippen LogP contribution is 2.22. The van der Waals surface area contributed by atoms with Crippen LogP contribution in [0, 0.1) is 6.92 Å². The van der Waals surface area contributed by atoms with Crippen LogP contribution >= 0.6 is 0 Å². The van der Waals surface area contributed by atoms with Crippen molar-refractivity contribution in [2.24, 2.45) is 5.73 Å². The zero-order chi connectivity index (χ0) is 15.2. The van der Waals surface area contributed by atoms with Crippen molar-refractivity contribution in [2.75, 3.05) is 11.9 Å². The van der Waals surface area contributed by atoms with Crippen LogP contribution in [0.25, 0.3) is 0 Å². The summed E-state index contributed by atoms with van der Waals surface area (Å²) in [7, 11) is 0. The smallest absolute Gasteiger partial charge is 0.220 e. The van der Waals surface area contributed by atoms with Gasteiger partial charge in [-0.2, -0.15) is 0 Å². The van der Waals surface area contributed by atoms with E-state index >= 15 is 0 Å². The van der Waals surface area contributed by atoms with Crippen LogP contribution < -0.4 is 15.8 Å². The lowest BCUT2D eigenvalue weighted by Crippen LogP contribution is -2.14. The summed E-state index contributed by atoms with van der Waals surface area (Å²) in [6.07, 6.45) is 0.217. The van der Waals surface area contributed by atoms with Crippen molar-refractivity contribution in [3.8, 4) is 5.75 Å². The van der Waals surface area contributed by atoms with Crippen LogP contribution in [0.3, 0.4) is 0 Å². The summed E-state index contributed by atoms with van der Waals surface area (Å²) >= 11 is 0. The summed E-state index contributed by atoms with van der Waals surface area (Å²) in [6, 6.07) is 11.5. The summed E-state index contributed by atoms with van der Waals surface area (Å²) in [5.74, 6) is 2.14. The van der Waals surface area contributed by atoms with Crippen LogP contribution in [0.1, 0.15) is 30.9 Å². The molecule has 5 heteroatoms. The molecule has 1 unspecified atom stereocenters. The molecule has 0 aliphatic rings. The molecule has 0 aliphatic carbocycles. The molecule has 2 rings (SSSR count). The summed E-state index contributed by atoms with van der Waals surface area (Å²) in [5.41, 5.74) is 6.03. The third-order valence-corrected chi connectivity index (χ3v) is 3.04. The highest BCUT2D eigenvalue weighted by molar-refractivity contribution is 5.73. The first-order chi connectivity index (χ1) is 10.0. The molecule has 1 atom stereocenters. The van der Waals surface area contributed by atoms with Crippen molar-refractivity contribution in [1.82, 2.24) is 0 Å². The summed E-state index contributed by atoms with van der Waals surface area (Å²) in [6.45, 7) is 4.26. The van der Waals surface area contributed by atoms with Gasteiger partial charge in [0.15, 0.2) is 0 Å². The third kappa shape index (κ3) is 4.56. The molecule has 3 N–H and O–H groups in total. The average molecular weight is 288 g/mol. The number of furan rings is 1. The number of anilines is 1. The zero-order valence-corrected chi connectivity index (χ0v) is 12.3. The van der Waals surface area contributed by atoms with Gasteiger partial charge < -0.3 is 20.2 Å². The Kier molecular flexibility index (Phi) is 4.87. The quantitative estimate of drug-likeness (QED) is 0.821. The van der Waals surface area contributed by atoms with Gasteiger partial charge in [-0.15, -0.1) is 0 Å². The van der Waals surface area contributed by atoms with Crippen molar-refractivity contribution < 1.29 is 13.9 Å². The number of nitrogens with one attached hydrogen (secondary N) is 1. The van der Waals surface area contributed by atoms with Gasteiger partial charge in [0.05, 0.1) is 19.1 Å². The predicted octanol–water partition coefficient (Wildman–Crippen LogP) is 3.02. The van der Waals surface area contributed by atoms with Gasteiger partial charge in [0.2, 0.25) is 5.91 Å². The largest absolute Gasteiger partial charge is 0.493 e. The first-order valence-electron chi connectivity index (χ1n) is 6.88. The van der Waals surface area contributed by atoms with E-state index in [4.69, 9.17) is 14.9 Å². The Morgan fingerprint density at radius 2 is 2.00 bits per heavy atom. The van der Waals surface area contributed by atoms with Crippen LogP contribution in [-0.2, 0) is 4.79 Å². The Hall–Kier alpha value is -2.43. The molecule has 0 fully saturated rings. The lowest BCUT2D eigenvalue weighted by molar-refractivity contribution is -0.118. The molecule has 0 spiro atoms. The minimum absolute atomic E-state index is 0.0836. The van der Waals surface area contributed by atoms with Gasteiger partial charge in [-0.1, -0.05) is 0 Å². The van der Waals surface area contributed by atoms with Crippen molar-refractivity contribution in [3.63, 3.8) is 0 Å². The minimum atomic E-state index is -0.365. The number of amides is 1. The normalized spacial score (nSPS) is 11.9. The van der Waals surface area contributed by atoms with E-state index in [1.807, 2.05) is 50.2 Å². The molecule has 2 aromatic rings. The second-order valence-corrected chi connectivity index (χ2v) is 4.90. The number of ether oxygens (including phenoxy) is 1. The zero-order valence-electron chi connectivity index (χ0n) is 12.3. The molecule has 0 saturated heterocycles. The molecule has 0 bridgehead atoms. The van der Waals surface area contributed by atoms with Crippen molar-refractivity contribution in [1.29, 1.82) is 0 Å². The molecule has 1 aromatic carbocycles.